The molecule has 6 nitrogen and oxygen atoms in total. The largest absolute Gasteiger partial charge is 0.493 e. The third-order valence-electron chi connectivity index (χ3n) is 4.84. The normalized spacial score (nSPS) is 17.2. The van der Waals surface area contributed by atoms with Gasteiger partial charge in [-0.1, -0.05) is 30.7 Å². The highest BCUT2D eigenvalue weighted by Crippen LogP contribution is 2.34. The van der Waals surface area contributed by atoms with Gasteiger partial charge in [0.25, 0.3) is 0 Å². The van der Waals surface area contributed by atoms with E-state index in [-0.39, 0.29) is 6.03 Å². The van der Waals surface area contributed by atoms with Crippen molar-refractivity contribution in [2.45, 2.75) is 25.3 Å². The fourth-order valence-electron chi connectivity index (χ4n) is 3.26. The Morgan fingerprint density at radius 1 is 1.07 bits per heavy atom. The third kappa shape index (κ3) is 5.14. The molecular formula is C21H27N3O3. The first-order chi connectivity index (χ1) is 13.2. The fraction of sp³-hybridized carbons (Fsp3) is 0.381. The van der Waals surface area contributed by atoms with E-state index < -0.39 is 0 Å². The van der Waals surface area contributed by atoms with Gasteiger partial charge in [-0.15, -0.1) is 0 Å². The van der Waals surface area contributed by atoms with E-state index in [9.17, 15) is 4.79 Å². The van der Waals surface area contributed by atoms with Crippen LogP contribution >= 0.6 is 0 Å². The third-order valence-corrected chi connectivity index (χ3v) is 4.84. The summed E-state index contributed by atoms with van der Waals surface area (Å²) in [4.78, 5) is 14.7. The van der Waals surface area contributed by atoms with Crippen LogP contribution in [0.25, 0.3) is 0 Å². The summed E-state index contributed by atoms with van der Waals surface area (Å²) in [5, 5.41) is 5.86. The number of benzene rings is 2. The number of piperidine rings is 1. The van der Waals surface area contributed by atoms with Crippen molar-refractivity contribution in [1.82, 2.24) is 10.2 Å². The van der Waals surface area contributed by atoms with Crippen molar-refractivity contribution < 1.29 is 14.3 Å². The number of nitrogens with zero attached hydrogens (tertiary/aromatic N) is 1. The molecule has 1 atom stereocenters. The SMILES string of the molecule is COc1ccccc1Oc1ccccc1NC(=O)NC[C@@H]1CCCCN1C. The molecule has 2 aromatic carbocycles. The van der Waals surface area contributed by atoms with Crippen molar-refractivity contribution in [2.24, 2.45) is 0 Å². The van der Waals surface area contributed by atoms with Gasteiger partial charge in [0.2, 0.25) is 0 Å². The number of anilines is 1. The minimum atomic E-state index is -0.231. The van der Waals surface area contributed by atoms with Crippen molar-refractivity contribution in [3.63, 3.8) is 0 Å². The van der Waals surface area contributed by atoms with Gasteiger partial charge >= 0.3 is 6.03 Å². The molecule has 2 aromatic rings. The molecule has 27 heavy (non-hydrogen) atoms. The van der Waals surface area contributed by atoms with Gasteiger partial charge in [-0.3, -0.25) is 0 Å². The van der Waals surface area contributed by atoms with E-state index >= 15 is 0 Å². The summed E-state index contributed by atoms with van der Waals surface area (Å²) in [6, 6.07) is 14.9. The average molecular weight is 369 g/mol. The Kier molecular flexibility index (Phi) is 6.54. The van der Waals surface area contributed by atoms with Gasteiger partial charge in [-0.2, -0.15) is 0 Å². The van der Waals surface area contributed by atoms with E-state index in [2.05, 4.69) is 22.6 Å². The van der Waals surface area contributed by atoms with E-state index in [1.165, 1.54) is 12.8 Å². The number of hydrogen-bond donors (Lipinski definition) is 2. The maximum Gasteiger partial charge on any atom is 0.319 e. The molecule has 2 amide bonds. The monoisotopic (exact) mass is 369 g/mol. The van der Waals surface area contributed by atoms with Crippen LogP contribution in [-0.2, 0) is 0 Å². The summed E-state index contributed by atoms with van der Waals surface area (Å²) in [6.45, 7) is 1.72. The molecule has 0 spiro atoms. The number of hydrogen-bond acceptors (Lipinski definition) is 4. The minimum absolute atomic E-state index is 0.231. The second-order valence-electron chi connectivity index (χ2n) is 6.71. The minimum Gasteiger partial charge on any atom is -0.493 e. The highest BCUT2D eigenvalue weighted by atomic mass is 16.5. The average Bonchev–Trinajstić information content (AvgIpc) is 2.69. The maximum atomic E-state index is 12.4. The zero-order valence-electron chi connectivity index (χ0n) is 15.9. The van der Waals surface area contributed by atoms with Crippen LogP contribution in [0.15, 0.2) is 48.5 Å². The number of carbonyl (C=O) groups excluding carboxylic acids is 1. The van der Waals surface area contributed by atoms with Crippen LogP contribution in [-0.4, -0.2) is 44.2 Å². The van der Waals surface area contributed by atoms with Crippen LogP contribution < -0.4 is 20.1 Å². The summed E-state index contributed by atoms with van der Waals surface area (Å²) in [7, 11) is 3.71. The number of methoxy groups -OCH3 is 1. The molecule has 1 fully saturated rings. The Balaban J connectivity index is 1.62. The Morgan fingerprint density at radius 3 is 2.52 bits per heavy atom. The predicted molar refractivity (Wildman–Crippen MR) is 107 cm³/mol. The lowest BCUT2D eigenvalue weighted by Gasteiger charge is -2.32. The van der Waals surface area contributed by atoms with Crippen molar-refractivity contribution in [2.75, 3.05) is 32.6 Å². The van der Waals surface area contributed by atoms with Gasteiger partial charge in [0, 0.05) is 12.6 Å². The van der Waals surface area contributed by atoms with E-state index in [0.717, 1.165) is 13.0 Å². The molecule has 0 radical (unpaired) electrons. The molecular weight excluding hydrogens is 342 g/mol. The van der Waals surface area contributed by atoms with Crippen molar-refractivity contribution >= 4 is 11.7 Å². The second kappa shape index (κ2) is 9.28. The van der Waals surface area contributed by atoms with Crippen LogP contribution in [0.3, 0.4) is 0 Å². The highest BCUT2D eigenvalue weighted by Gasteiger charge is 2.19. The Bertz CT molecular complexity index is 766. The Labute approximate surface area is 160 Å². The van der Waals surface area contributed by atoms with Crippen LogP contribution in [0.5, 0.6) is 17.2 Å². The molecule has 1 saturated heterocycles. The van der Waals surface area contributed by atoms with Gasteiger partial charge < -0.3 is 25.0 Å². The molecule has 1 heterocycles. The van der Waals surface area contributed by atoms with Gasteiger partial charge in [0.05, 0.1) is 12.8 Å². The highest BCUT2D eigenvalue weighted by molar-refractivity contribution is 5.91. The molecule has 0 unspecified atom stereocenters. The molecule has 0 bridgehead atoms. The van der Waals surface area contributed by atoms with Crippen molar-refractivity contribution in [1.29, 1.82) is 0 Å². The van der Waals surface area contributed by atoms with Gasteiger partial charge in [-0.05, 0) is 50.7 Å². The summed E-state index contributed by atoms with van der Waals surface area (Å²) in [6.07, 6.45) is 3.56. The molecule has 6 heteroatoms. The molecule has 0 aliphatic carbocycles. The van der Waals surface area contributed by atoms with Crippen LogP contribution in [0.2, 0.25) is 0 Å². The van der Waals surface area contributed by atoms with Crippen molar-refractivity contribution in [3.8, 4) is 17.2 Å². The molecule has 0 saturated carbocycles. The van der Waals surface area contributed by atoms with Gasteiger partial charge in [-0.25, -0.2) is 4.79 Å². The summed E-state index contributed by atoms with van der Waals surface area (Å²) < 4.78 is 11.3. The number of amides is 2. The van der Waals surface area contributed by atoms with E-state index in [1.807, 2.05) is 48.5 Å². The molecule has 144 valence electrons. The van der Waals surface area contributed by atoms with E-state index in [4.69, 9.17) is 9.47 Å². The van der Waals surface area contributed by atoms with Crippen LogP contribution in [0.1, 0.15) is 19.3 Å². The number of para-hydroxylation sites is 4. The zero-order valence-corrected chi connectivity index (χ0v) is 15.9. The van der Waals surface area contributed by atoms with Gasteiger partial charge in [0.15, 0.2) is 17.2 Å². The topological polar surface area (TPSA) is 62.8 Å². The maximum absolute atomic E-state index is 12.4. The molecule has 2 N–H and O–H groups in total. The number of rotatable bonds is 6. The fourth-order valence-corrected chi connectivity index (χ4v) is 3.26. The van der Waals surface area contributed by atoms with E-state index in [0.29, 0.717) is 35.5 Å². The lowest BCUT2D eigenvalue weighted by molar-refractivity contribution is 0.182. The Hall–Kier alpha value is -2.73. The lowest BCUT2D eigenvalue weighted by atomic mass is 10.0. The standard InChI is InChI=1S/C21H27N3O3/c1-24-14-8-7-9-16(24)15-22-21(25)23-17-10-3-4-11-18(17)27-20-13-6-5-12-19(20)26-2/h3-6,10-13,16H,7-9,14-15H2,1-2H3,(H2,22,23,25)/t16-/m0/s1. The first kappa shape index (κ1) is 19.0. The number of likely N-dealkylation sites (tertiary alicyclic amines) is 1. The summed E-state index contributed by atoms with van der Waals surface area (Å²) in [5.41, 5.74) is 0.609. The number of likely N-dealkylation sites (N-methyl/N-ethyl adjacent to an activating group) is 1. The number of ether oxygens (including phenoxy) is 2. The van der Waals surface area contributed by atoms with Crippen LogP contribution in [0.4, 0.5) is 10.5 Å². The summed E-state index contributed by atoms with van der Waals surface area (Å²) in [5.74, 6) is 1.79. The molecule has 3 rings (SSSR count). The van der Waals surface area contributed by atoms with E-state index in [1.54, 1.807) is 7.11 Å². The predicted octanol–water partition coefficient (Wildman–Crippen LogP) is 4.09. The number of nitrogens with one attached hydrogen (secondary N) is 2. The number of urea groups is 1. The summed E-state index contributed by atoms with van der Waals surface area (Å²) >= 11 is 0. The van der Waals surface area contributed by atoms with Gasteiger partial charge in [0.1, 0.15) is 0 Å². The molecule has 1 aliphatic heterocycles. The second-order valence-corrected chi connectivity index (χ2v) is 6.71. The first-order valence-corrected chi connectivity index (χ1v) is 9.32. The number of carbonyl (C=O) groups is 1. The molecule has 0 aromatic heterocycles. The van der Waals surface area contributed by atoms with Crippen molar-refractivity contribution in [3.05, 3.63) is 48.5 Å². The zero-order chi connectivity index (χ0) is 19.1. The quantitative estimate of drug-likeness (QED) is 0.805. The molecule has 1 aliphatic rings. The van der Waals surface area contributed by atoms with Crippen LogP contribution in [0, 0.1) is 0 Å². The Morgan fingerprint density at radius 2 is 1.78 bits per heavy atom. The smallest absolute Gasteiger partial charge is 0.319 e. The lowest BCUT2D eigenvalue weighted by Crippen LogP contribution is -2.45. The first-order valence-electron chi connectivity index (χ1n) is 9.32.